The van der Waals surface area contributed by atoms with Crippen LogP contribution in [-0.2, 0) is 27.1 Å². The molecule has 0 atom stereocenters. The summed E-state index contributed by atoms with van der Waals surface area (Å²) in [6.07, 6.45) is 1.04. The highest BCUT2D eigenvalue weighted by molar-refractivity contribution is 7.33. The van der Waals surface area contributed by atoms with Gasteiger partial charge in [0.1, 0.15) is 0 Å². The number of hydrogen-bond acceptors (Lipinski definition) is 3. The number of hydrogen-bond donors (Lipinski definition) is 0. The summed E-state index contributed by atoms with van der Waals surface area (Å²) in [5.74, 6) is 0. The van der Waals surface area contributed by atoms with E-state index >= 15 is 0 Å². The van der Waals surface area contributed by atoms with Gasteiger partial charge in [0.25, 0.3) is 6.71 Å². The van der Waals surface area contributed by atoms with Crippen LogP contribution in [0.1, 0.15) is 138 Å². The summed E-state index contributed by atoms with van der Waals surface area (Å²) in [5, 5.41) is 9.03. The highest BCUT2D eigenvalue weighted by atomic mass is 32.1. The van der Waals surface area contributed by atoms with E-state index in [1.165, 1.54) is 142 Å². The van der Waals surface area contributed by atoms with Gasteiger partial charge in [-0.05, 0) is 170 Å². The van der Waals surface area contributed by atoms with Crippen molar-refractivity contribution in [2.75, 3.05) is 9.80 Å². The van der Waals surface area contributed by atoms with Crippen molar-refractivity contribution < 1.29 is 0 Å². The molecule has 10 aromatic carbocycles. The van der Waals surface area contributed by atoms with E-state index in [-0.39, 0.29) is 33.8 Å². The number of anilines is 6. The second kappa shape index (κ2) is 18.6. The summed E-state index contributed by atoms with van der Waals surface area (Å²) < 4.78 is 2.72. The fraction of sp³-hybridized carbons (Fsp3) is 0.273. The van der Waals surface area contributed by atoms with E-state index in [1.54, 1.807) is 0 Å². The Kier molecular flexibility index (Phi) is 12.1. The maximum Gasteiger partial charge on any atom is 0.264 e. The molecular formula is C77H77BN2S. The predicted octanol–water partition coefficient (Wildman–Crippen LogP) is 20.7. The number of fused-ring (bicyclic) bond motifs is 12. The first-order valence-electron chi connectivity index (χ1n) is 29.6. The molecule has 0 saturated carbocycles. The molecule has 81 heavy (non-hydrogen) atoms. The Balaban J connectivity index is 1.13. The zero-order chi connectivity index (χ0) is 56.9. The van der Waals surface area contributed by atoms with E-state index in [0.29, 0.717) is 0 Å². The molecule has 0 radical (unpaired) electrons. The van der Waals surface area contributed by atoms with Crippen molar-refractivity contribution in [3.8, 4) is 22.3 Å². The van der Waals surface area contributed by atoms with Crippen LogP contribution in [0.2, 0.25) is 0 Å². The Morgan fingerprint density at radius 3 is 1.48 bits per heavy atom. The smallest absolute Gasteiger partial charge is 0.264 e. The highest BCUT2D eigenvalue weighted by Gasteiger charge is 2.46. The first kappa shape index (κ1) is 52.9. The van der Waals surface area contributed by atoms with E-state index in [4.69, 9.17) is 0 Å². The lowest BCUT2D eigenvalue weighted by Crippen LogP contribution is -2.60. The first-order chi connectivity index (χ1) is 38.4. The molecule has 1 aromatic heterocycles. The Hall–Kier alpha value is -7.40. The van der Waals surface area contributed by atoms with Crippen LogP contribution >= 0.6 is 11.3 Å². The van der Waals surface area contributed by atoms with Crippen molar-refractivity contribution in [1.82, 2.24) is 0 Å². The SMILES string of the molecule is CCC(C)(C)c1ccc2c(c1)B1c3sc4ccc(C(C)(C)C)cc4c3N(c3ccccc3-c3cc(C(C)(C)C)cc(C(C)(C)C)c3)c3cccc(c31)N2c1ccc(C(C)(C)C)cc1-c1ccc2c3ccccc3c3ccccc3c2c1. The van der Waals surface area contributed by atoms with E-state index < -0.39 is 0 Å². The van der Waals surface area contributed by atoms with Crippen molar-refractivity contribution in [2.45, 2.75) is 137 Å². The molecule has 11 aromatic rings. The monoisotopic (exact) mass is 1070 g/mol. The molecule has 2 aliphatic rings. The molecule has 13 rings (SSSR count). The normalized spacial score (nSPS) is 13.8. The second-order valence-electron chi connectivity index (χ2n) is 28.3. The number of para-hydroxylation sites is 1. The van der Waals surface area contributed by atoms with Gasteiger partial charge in [-0.2, -0.15) is 0 Å². The highest BCUT2D eigenvalue weighted by Crippen LogP contribution is 2.53. The van der Waals surface area contributed by atoms with Crippen molar-refractivity contribution in [1.29, 1.82) is 0 Å². The van der Waals surface area contributed by atoms with Gasteiger partial charge in [-0.15, -0.1) is 11.3 Å². The topological polar surface area (TPSA) is 6.48 Å². The Labute approximate surface area is 486 Å². The zero-order valence-corrected chi connectivity index (χ0v) is 51.2. The summed E-state index contributed by atoms with van der Waals surface area (Å²) in [5.41, 5.74) is 21.5. The molecule has 2 nitrogen and oxygen atoms in total. The van der Waals surface area contributed by atoms with Gasteiger partial charge in [0.15, 0.2) is 0 Å². The lowest BCUT2D eigenvalue weighted by Gasteiger charge is -2.44. The lowest BCUT2D eigenvalue weighted by molar-refractivity contribution is 0.506. The van der Waals surface area contributed by atoms with E-state index in [1.807, 2.05) is 11.3 Å². The number of rotatable bonds is 6. The van der Waals surface area contributed by atoms with Gasteiger partial charge in [0.05, 0.1) is 17.1 Å². The fourth-order valence-electron chi connectivity index (χ4n) is 13.1. The van der Waals surface area contributed by atoms with Crippen LogP contribution in [0.4, 0.5) is 34.1 Å². The van der Waals surface area contributed by atoms with E-state index in [9.17, 15) is 0 Å². The molecule has 404 valence electrons. The van der Waals surface area contributed by atoms with Crippen molar-refractivity contribution in [3.05, 3.63) is 210 Å². The number of nitrogens with zero attached hydrogens (tertiary/aromatic N) is 2. The molecule has 0 bridgehead atoms. The van der Waals surface area contributed by atoms with Crippen molar-refractivity contribution >= 4 is 110 Å². The predicted molar refractivity (Wildman–Crippen MR) is 357 cm³/mol. The third-order valence-electron chi connectivity index (χ3n) is 18.4. The molecule has 0 spiro atoms. The third-order valence-corrected chi connectivity index (χ3v) is 19.6. The molecule has 3 heterocycles. The van der Waals surface area contributed by atoms with Gasteiger partial charge in [0, 0.05) is 43.1 Å². The van der Waals surface area contributed by atoms with E-state index in [2.05, 4.69) is 296 Å². The van der Waals surface area contributed by atoms with Gasteiger partial charge in [-0.3, -0.25) is 0 Å². The van der Waals surface area contributed by atoms with Gasteiger partial charge < -0.3 is 9.80 Å². The van der Waals surface area contributed by atoms with Gasteiger partial charge in [-0.1, -0.05) is 231 Å². The van der Waals surface area contributed by atoms with Crippen molar-refractivity contribution in [3.63, 3.8) is 0 Å². The maximum absolute atomic E-state index is 2.69. The molecule has 4 heteroatoms. The summed E-state index contributed by atoms with van der Waals surface area (Å²) in [4.78, 5) is 5.34. The number of thiophene rings is 1. The van der Waals surface area contributed by atoms with Crippen molar-refractivity contribution in [2.24, 2.45) is 0 Å². The van der Waals surface area contributed by atoms with Crippen LogP contribution < -0.4 is 25.5 Å². The molecule has 0 saturated heterocycles. The van der Waals surface area contributed by atoms with Crippen LogP contribution in [0.3, 0.4) is 0 Å². The van der Waals surface area contributed by atoms with Crippen LogP contribution in [0.15, 0.2) is 182 Å². The minimum atomic E-state index is -0.0805. The quantitative estimate of drug-likeness (QED) is 0.121. The summed E-state index contributed by atoms with van der Waals surface area (Å²) in [6, 6.07) is 71.2. The minimum absolute atomic E-state index is 0.0155. The molecule has 0 aliphatic carbocycles. The third kappa shape index (κ3) is 8.65. The largest absolute Gasteiger partial charge is 0.311 e. The molecule has 0 N–H and O–H groups in total. The molecule has 2 aliphatic heterocycles. The Morgan fingerprint density at radius 2 is 0.864 bits per heavy atom. The zero-order valence-electron chi connectivity index (χ0n) is 50.4. The maximum atomic E-state index is 2.69. The second-order valence-corrected chi connectivity index (χ2v) is 29.3. The number of benzene rings is 10. The summed E-state index contributed by atoms with van der Waals surface area (Å²) >= 11 is 2.00. The van der Waals surface area contributed by atoms with Gasteiger partial charge in [-0.25, -0.2) is 0 Å². The Bertz CT molecular complexity index is 4300. The van der Waals surface area contributed by atoms with E-state index in [0.717, 1.165) is 6.42 Å². The summed E-state index contributed by atoms with van der Waals surface area (Å²) in [7, 11) is 0. The lowest BCUT2D eigenvalue weighted by atomic mass is 9.36. The van der Waals surface area contributed by atoms with Crippen LogP contribution in [-0.4, -0.2) is 6.71 Å². The fourth-order valence-corrected chi connectivity index (χ4v) is 14.4. The summed E-state index contributed by atoms with van der Waals surface area (Å²) in [6.45, 7) is 35.4. The molecule has 0 unspecified atom stereocenters. The molecule has 0 fully saturated rings. The minimum Gasteiger partial charge on any atom is -0.311 e. The molecular weight excluding hydrogens is 996 g/mol. The average molecular weight is 1070 g/mol. The Morgan fingerprint density at radius 1 is 0.358 bits per heavy atom. The first-order valence-corrected chi connectivity index (χ1v) is 30.4. The standard InChI is InChI=1S/C77H77BN2S/c1-16-77(14,15)51-34-38-66-63(46-51)78-70-67(79(66)65-37-33-49(73(2,3)4)44-60(65)47-32-36-59-57-27-18-17-25-55(57)56-26-19-20-28-58(56)61(59)42-47)30-23-31-68(70)80(71-62-45-50(74(5,6)7)35-39-69(62)81-72(71)78)64-29-22-21-24-54(64)48-40-52(75(8,9)10)43-53(41-48)76(11,12)13/h17-46H,16H2,1-15H3. The van der Waals surface area contributed by atoms with Gasteiger partial charge >= 0.3 is 0 Å². The van der Waals surface area contributed by atoms with Crippen LogP contribution in [0, 0.1) is 0 Å². The van der Waals surface area contributed by atoms with Crippen LogP contribution in [0.25, 0.3) is 64.7 Å². The van der Waals surface area contributed by atoms with Crippen LogP contribution in [0.5, 0.6) is 0 Å². The van der Waals surface area contributed by atoms with Gasteiger partial charge in [0.2, 0.25) is 0 Å². The average Bonchev–Trinajstić information content (AvgIpc) is 2.39. The molecule has 0 amide bonds.